The zero-order chi connectivity index (χ0) is 20.6. The number of aryl methyl sites for hydroxylation is 2. The Hall–Kier alpha value is -2.16. The summed E-state index contributed by atoms with van der Waals surface area (Å²) >= 11 is 5.69. The van der Waals surface area contributed by atoms with Gasteiger partial charge >= 0.3 is 16.2 Å². The van der Waals surface area contributed by atoms with Crippen LogP contribution in [0.1, 0.15) is 40.7 Å². The van der Waals surface area contributed by atoms with E-state index in [0.717, 1.165) is 61.4 Å². The molecule has 0 saturated carbocycles. The van der Waals surface area contributed by atoms with Crippen LogP contribution >= 0.6 is 11.6 Å². The number of nitrogens with one attached hydrogen (secondary N) is 3. The van der Waals surface area contributed by atoms with Crippen molar-refractivity contribution in [3.8, 4) is 0 Å². The SMILES string of the molecule is O=C(Nc1c2c(cc3c1CCC3)CCC2)NS(=O)(=O)NCc1ccc(Cl)cc1F. The molecule has 0 spiro atoms. The van der Waals surface area contributed by atoms with E-state index in [9.17, 15) is 17.6 Å². The lowest BCUT2D eigenvalue weighted by Crippen LogP contribution is -2.42. The zero-order valence-electron chi connectivity index (χ0n) is 15.6. The van der Waals surface area contributed by atoms with Gasteiger partial charge in [0.25, 0.3) is 0 Å². The molecule has 3 N–H and O–H groups in total. The third kappa shape index (κ3) is 4.39. The predicted molar refractivity (Wildman–Crippen MR) is 110 cm³/mol. The number of carbonyl (C=O) groups is 1. The molecule has 0 saturated heterocycles. The first-order chi connectivity index (χ1) is 13.8. The van der Waals surface area contributed by atoms with Gasteiger partial charge in [0.2, 0.25) is 0 Å². The highest BCUT2D eigenvalue weighted by molar-refractivity contribution is 7.88. The lowest BCUT2D eigenvalue weighted by atomic mass is 9.99. The number of halogens is 2. The molecule has 2 aliphatic rings. The molecule has 0 aliphatic heterocycles. The highest BCUT2D eigenvalue weighted by Crippen LogP contribution is 2.38. The molecule has 154 valence electrons. The average Bonchev–Trinajstić information content (AvgIpc) is 3.29. The van der Waals surface area contributed by atoms with E-state index >= 15 is 0 Å². The summed E-state index contributed by atoms with van der Waals surface area (Å²) in [5.41, 5.74) is 5.56. The second-order valence-corrected chi connectivity index (χ2v) is 9.29. The summed E-state index contributed by atoms with van der Waals surface area (Å²) in [7, 11) is -4.17. The molecule has 0 fully saturated rings. The summed E-state index contributed by atoms with van der Waals surface area (Å²) < 4.78 is 42.4. The third-order valence-electron chi connectivity index (χ3n) is 5.41. The molecule has 4 rings (SSSR count). The van der Waals surface area contributed by atoms with Gasteiger partial charge in [-0.1, -0.05) is 23.7 Å². The first-order valence-electron chi connectivity index (χ1n) is 9.51. The lowest BCUT2D eigenvalue weighted by Gasteiger charge is -2.16. The molecule has 2 amide bonds. The molecule has 0 radical (unpaired) electrons. The molecule has 2 aromatic carbocycles. The van der Waals surface area contributed by atoms with Crippen LogP contribution < -0.4 is 14.8 Å². The summed E-state index contributed by atoms with van der Waals surface area (Å²) in [4.78, 5) is 12.4. The monoisotopic (exact) mass is 437 g/mol. The molecule has 0 atom stereocenters. The van der Waals surface area contributed by atoms with Gasteiger partial charge in [-0.25, -0.2) is 13.9 Å². The Morgan fingerprint density at radius 3 is 2.31 bits per heavy atom. The van der Waals surface area contributed by atoms with E-state index in [0.29, 0.717) is 0 Å². The van der Waals surface area contributed by atoms with E-state index in [1.54, 1.807) is 0 Å². The predicted octanol–water partition coefficient (Wildman–Crippen LogP) is 3.61. The number of amides is 2. The molecular formula is C20H21ClFN3O3S. The van der Waals surface area contributed by atoms with Crippen molar-refractivity contribution in [3.63, 3.8) is 0 Å². The Morgan fingerprint density at radius 2 is 1.69 bits per heavy atom. The number of anilines is 1. The van der Waals surface area contributed by atoms with Gasteiger partial charge in [0, 0.05) is 22.8 Å². The second kappa shape index (κ2) is 7.93. The number of carbonyl (C=O) groups excluding carboxylic acids is 1. The minimum absolute atomic E-state index is 0.124. The summed E-state index contributed by atoms with van der Waals surface area (Å²) in [6, 6.07) is 5.35. The highest BCUT2D eigenvalue weighted by atomic mass is 35.5. The van der Waals surface area contributed by atoms with Crippen LogP contribution in [0.5, 0.6) is 0 Å². The molecule has 29 heavy (non-hydrogen) atoms. The molecule has 0 bridgehead atoms. The topological polar surface area (TPSA) is 87.3 Å². The van der Waals surface area contributed by atoms with Crippen molar-refractivity contribution < 1.29 is 17.6 Å². The van der Waals surface area contributed by atoms with E-state index < -0.39 is 22.1 Å². The molecular weight excluding hydrogens is 417 g/mol. The van der Waals surface area contributed by atoms with Crippen LogP contribution in [0.15, 0.2) is 24.3 Å². The largest absolute Gasteiger partial charge is 0.333 e. The van der Waals surface area contributed by atoms with Crippen molar-refractivity contribution >= 4 is 33.5 Å². The third-order valence-corrected chi connectivity index (χ3v) is 6.62. The van der Waals surface area contributed by atoms with Crippen molar-refractivity contribution in [3.05, 3.63) is 62.9 Å². The van der Waals surface area contributed by atoms with E-state index in [-0.39, 0.29) is 17.1 Å². The second-order valence-electron chi connectivity index (χ2n) is 7.35. The van der Waals surface area contributed by atoms with Crippen LogP contribution in [0.25, 0.3) is 0 Å². The molecule has 0 aromatic heterocycles. The maximum Gasteiger partial charge on any atom is 0.333 e. The van der Waals surface area contributed by atoms with Gasteiger partial charge in [0.1, 0.15) is 5.82 Å². The van der Waals surface area contributed by atoms with Gasteiger partial charge in [-0.3, -0.25) is 0 Å². The Balaban J connectivity index is 1.45. The van der Waals surface area contributed by atoms with E-state index in [2.05, 4.69) is 16.1 Å². The highest BCUT2D eigenvalue weighted by Gasteiger charge is 2.26. The minimum Gasteiger partial charge on any atom is -0.307 e. The molecule has 0 unspecified atom stereocenters. The molecule has 2 aromatic rings. The van der Waals surface area contributed by atoms with Crippen LogP contribution in [0.3, 0.4) is 0 Å². The van der Waals surface area contributed by atoms with E-state index in [4.69, 9.17) is 11.6 Å². The minimum atomic E-state index is -4.17. The van der Waals surface area contributed by atoms with Crippen LogP contribution in [0.4, 0.5) is 14.9 Å². The van der Waals surface area contributed by atoms with Gasteiger partial charge in [-0.2, -0.15) is 13.1 Å². The first-order valence-corrected chi connectivity index (χ1v) is 11.4. The fourth-order valence-electron chi connectivity index (χ4n) is 4.10. The van der Waals surface area contributed by atoms with Crippen LogP contribution in [-0.2, 0) is 42.4 Å². The number of urea groups is 1. The number of hydrogen-bond acceptors (Lipinski definition) is 3. The average molecular weight is 438 g/mol. The Kier molecular flexibility index (Phi) is 5.50. The number of hydrogen-bond donors (Lipinski definition) is 3. The summed E-state index contributed by atoms with van der Waals surface area (Å²) in [6.45, 7) is -0.304. The summed E-state index contributed by atoms with van der Waals surface area (Å²) in [6.07, 6.45) is 5.76. The number of fused-ring (bicyclic) bond motifs is 2. The molecule has 2 aliphatic carbocycles. The smallest absolute Gasteiger partial charge is 0.307 e. The van der Waals surface area contributed by atoms with E-state index in [1.165, 1.54) is 23.3 Å². The van der Waals surface area contributed by atoms with Crippen molar-refractivity contribution in [2.24, 2.45) is 0 Å². The fourth-order valence-corrected chi connectivity index (χ4v) is 4.97. The zero-order valence-corrected chi connectivity index (χ0v) is 17.2. The van der Waals surface area contributed by atoms with Gasteiger partial charge < -0.3 is 5.32 Å². The Morgan fingerprint density at radius 1 is 1.03 bits per heavy atom. The standard InChI is InChI=1S/C20H21ClFN3O3S/c21-15-8-7-14(18(22)10-15)11-23-29(27,28)25-20(26)24-19-16-5-1-3-12(16)9-13-4-2-6-17(13)19/h7-10,23H,1-6,11H2,(H2,24,25,26). The van der Waals surface area contributed by atoms with E-state index in [1.807, 2.05) is 4.72 Å². The normalized spacial score (nSPS) is 15.1. The van der Waals surface area contributed by atoms with Crippen LogP contribution in [0.2, 0.25) is 5.02 Å². The number of benzene rings is 2. The van der Waals surface area contributed by atoms with Gasteiger partial charge in [-0.05, 0) is 72.9 Å². The lowest BCUT2D eigenvalue weighted by molar-refractivity contribution is 0.256. The van der Waals surface area contributed by atoms with Gasteiger partial charge in [0.15, 0.2) is 0 Å². The van der Waals surface area contributed by atoms with Gasteiger partial charge in [0.05, 0.1) is 0 Å². The van der Waals surface area contributed by atoms with Crippen LogP contribution in [0, 0.1) is 5.82 Å². The first kappa shape index (κ1) is 20.1. The van der Waals surface area contributed by atoms with Crippen molar-refractivity contribution in [1.82, 2.24) is 9.44 Å². The van der Waals surface area contributed by atoms with Crippen LogP contribution in [-0.4, -0.2) is 14.4 Å². The Labute approximate surface area is 174 Å². The molecule has 9 heteroatoms. The maximum absolute atomic E-state index is 13.8. The Bertz CT molecular complexity index is 1060. The van der Waals surface area contributed by atoms with Gasteiger partial charge in [-0.15, -0.1) is 0 Å². The fraction of sp³-hybridized carbons (Fsp3) is 0.350. The van der Waals surface area contributed by atoms with Crippen molar-refractivity contribution in [1.29, 1.82) is 0 Å². The summed E-state index contributed by atoms with van der Waals surface area (Å²) in [5.74, 6) is -0.625. The molecule has 6 nitrogen and oxygen atoms in total. The van der Waals surface area contributed by atoms with Crippen molar-refractivity contribution in [2.75, 3.05) is 5.32 Å². The van der Waals surface area contributed by atoms with Crippen molar-refractivity contribution in [2.45, 2.75) is 45.1 Å². The molecule has 0 heterocycles. The number of rotatable bonds is 5. The maximum atomic E-state index is 13.8. The summed E-state index contributed by atoms with van der Waals surface area (Å²) in [5, 5.41) is 2.97. The quantitative estimate of drug-likeness (QED) is 0.667.